The van der Waals surface area contributed by atoms with Gasteiger partial charge in [-0.25, -0.2) is 4.98 Å². The molecule has 2 aromatic heterocycles. The molecule has 130 valence electrons. The molecule has 0 unspecified atom stereocenters. The first-order valence-electron chi connectivity index (χ1n) is 8.30. The molecular weight excluding hydrogens is 326 g/mol. The lowest BCUT2D eigenvalue weighted by Gasteiger charge is -2.40. The quantitative estimate of drug-likeness (QED) is 0.899. The number of hydrogen-bond acceptors (Lipinski definition) is 5. The van der Waals surface area contributed by atoms with Crippen LogP contribution >= 0.6 is 11.6 Å². The van der Waals surface area contributed by atoms with Crippen LogP contribution in [-0.2, 0) is 11.8 Å². The van der Waals surface area contributed by atoms with Gasteiger partial charge in [0, 0.05) is 32.5 Å². The van der Waals surface area contributed by atoms with Crippen LogP contribution in [0.1, 0.15) is 24.2 Å². The number of aryl methyl sites for hydroxylation is 2. The summed E-state index contributed by atoms with van der Waals surface area (Å²) in [4.78, 5) is 6.77. The van der Waals surface area contributed by atoms with E-state index >= 15 is 0 Å². The van der Waals surface area contributed by atoms with Crippen molar-refractivity contribution in [2.75, 3.05) is 31.6 Å². The molecule has 1 aliphatic heterocycles. The van der Waals surface area contributed by atoms with Gasteiger partial charge in [0.15, 0.2) is 0 Å². The highest BCUT2D eigenvalue weighted by Crippen LogP contribution is 2.30. The molecular formula is C17H24ClN5O. The first kappa shape index (κ1) is 17.2. The molecule has 0 radical (unpaired) electrons. The predicted molar refractivity (Wildman–Crippen MR) is 95.4 cm³/mol. The van der Waals surface area contributed by atoms with E-state index in [9.17, 15) is 0 Å². The molecule has 2 aromatic rings. The maximum absolute atomic E-state index is 6.34. The maximum Gasteiger partial charge on any atom is 0.145 e. The Morgan fingerprint density at radius 3 is 2.92 bits per heavy atom. The Bertz CT molecular complexity index is 689. The van der Waals surface area contributed by atoms with Gasteiger partial charge < -0.3 is 10.1 Å². The van der Waals surface area contributed by atoms with E-state index in [4.69, 9.17) is 16.3 Å². The molecule has 3 rings (SSSR count). The topological polar surface area (TPSA) is 55.2 Å². The number of ether oxygens (including phenoxy) is 1. The molecule has 6 nitrogen and oxygen atoms in total. The number of nitrogens with zero attached hydrogens (tertiary/aromatic N) is 4. The summed E-state index contributed by atoms with van der Waals surface area (Å²) in [7, 11) is 1.97. The fourth-order valence-corrected chi connectivity index (χ4v) is 3.40. The van der Waals surface area contributed by atoms with Crippen LogP contribution in [0.25, 0.3) is 0 Å². The summed E-state index contributed by atoms with van der Waals surface area (Å²) in [5.74, 6) is 0.706. The van der Waals surface area contributed by atoms with Crippen molar-refractivity contribution in [1.82, 2.24) is 19.7 Å². The van der Waals surface area contributed by atoms with Crippen molar-refractivity contribution in [3.63, 3.8) is 0 Å². The van der Waals surface area contributed by atoms with Crippen molar-refractivity contribution in [3.8, 4) is 0 Å². The number of likely N-dealkylation sites (N-methyl/N-ethyl adjacent to an activating group) is 1. The van der Waals surface area contributed by atoms with Gasteiger partial charge in [-0.15, -0.1) is 0 Å². The molecule has 1 aliphatic rings. The molecule has 3 heterocycles. The van der Waals surface area contributed by atoms with Crippen LogP contribution in [0.5, 0.6) is 0 Å². The number of halogens is 1. The lowest BCUT2D eigenvalue weighted by Crippen LogP contribution is -2.48. The molecule has 24 heavy (non-hydrogen) atoms. The van der Waals surface area contributed by atoms with E-state index in [1.54, 1.807) is 6.20 Å². The van der Waals surface area contributed by atoms with E-state index in [1.807, 2.05) is 30.9 Å². The molecule has 1 saturated heterocycles. The third-order valence-electron chi connectivity index (χ3n) is 4.58. The Morgan fingerprint density at radius 1 is 1.38 bits per heavy atom. The minimum atomic E-state index is 0.00692. The van der Waals surface area contributed by atoms with Crippen molar-refractivity contribution in [1.29, 1.82) is 0 Å². The number of hydrogen-bond donors (Lipinski definition) is 1. The van der Waals surface area contributed by atoms with Crippen LogP contribution in [0.2, 0.25) is 5.02 Å². The number of rotatable bonds is 5. The summed E-state index contributed by atoms with van der Waals surface area (Å²) in [6, 6.07) is 4.13. The van der Waals surface area contributed by atoms with E-state index < -0.39 is 0 Å². The zero-order valence-electron chi connectivity index (χ0n) is 14.4. The zero-order chi connectivity index (χ0) is 17.1. The van der Waals surface area contributed by atoms with Crippen LogP contribution in [0.15, 0.2) is 24.5 Å². The maximum atomic E-state index is 6.34. The van der Waals surface area contributed by atoms with Crippen molar-refractivity contribution >= 4 is 17.4 Å². The Kier molecular flexibility index (Phi) is 5.38. The Labute approximate surface area is 147 Å². The van der Waals surface area contributed by atoms with Gasteiger partial charge in [0.2, 0.25) is 0 Å². The van der Waals surface area contributed by atoms with E-state index in [0.717, 1.165) is 31.0 Å². The molecule has 0 aliphatic carbocycles. The van der Waals surface area contributed by atoms with E-state index in [0.29, 0.717) is 17.4 Å². The first-order chi connectivity index (χ1) is 11.6. The van der Waals surface area contributed by atoms with Gasteiger partial charge in [-0.2, -0.15) is 5.10 Å². The Hall–Kier alpha value is -1.63. The molecule has 0 saturated carbocycles. The van der Waals surface area contributed by atoms with Crippen molar-refractivity contribution in [3.05, 3.63) is 40.8 Å². The highest BCUT2D eigenvalue weighted by atomic mass is 35.5. The number of pyridine rings is 1. The molecule has 0 aromatic carbocycles. The summed E-state index contributed by atoms with van der Waals surface area (Å²) in [5, 5.41) is 8.34. The highest BCUT2D eigenvalue weighted by Gasteiger charge is 2.34. The zero-order valence-corrected chi connectivity index (χ0v) is 15.1. The summed E-state index contributed by atoms with van der Waals surface area (Å²) in [5.41, 5.74) is 2.17. The van der Waals surface area contributed by atoms with Gasteiger partial charge in [-0.3, -0.25) is 9.58 Å². The molecule has 7 heteroatoms. The lowest BCUT2D eigenvalue weighted by molar-refractivity contribution is -0.0664. The minimum Gasteiger partial charge on any atom is -0.373 e. The monoisotopic (exact) mass is 349 g/mol. The normalized spacial score (nSPS) is 21.8. The Morgan fingerprint density at radius 2 is 2.21 bits per heavy atom. The van der Waals surface area contributed by atoms with Crippen molar-refractivity contribution < 1.29 is 4.74 Å². The van der Waals surface area contributed by atoms with E-state index in [-0.39, 0.29) is 12.1 Å². The van der Waals surface area contributed by atoms with Crippen LogP contribution < -0.4 is 5.32 Å². The summed E-state index contributed by atoms with van der Waals surface area (Å²) >= 11 is 6.34. The molecule has 1 fully saturated rings. The van der Waals surface area contributed by atoms with Crippen molar-refractivity contribution in [2.45, 2.75) is 26.0 Å². The average Bonchev–Trinajstić information content (AvgIpc) is 3.01. The van der Waals surface area contributed by atoms with Crippen molar-refractivity contribution in [2.24, 2.45) is 7.05 Å². The highest BCUT2D eigenvalue weighted by molar-refractivity contribution is 6.33. The van der Waals surface area contributed by atoms with Crippen LogP contribution in [0.4, 0.5) is 5.82 Å². The van der Waals surface area contributed by atoms with Gasteiger partial charge in [-0.1, -0.05) is 18.5 Å². The summed E-state index contributed by atoms with van der Waals surface area (Å²) in [6.45, 7) is 7.42. The lowest BCUT2D eigenvalue weighted by atomic mass is 10.0. The molecule has 0 bridgehead atoms. The smallest absolute Gasteiger partial charge is 0.145 e. The third kappa shape index (κ3) is 3.41. The molecule has 1 N–H and O–H groups in total. The second-order valence-electron chi connectivity index (χ2n) is 6.03. The summed E-state index contributed by atoms with van der Waals surface area (Å²) < 4.78 is 8.00. The first-order valence-corrected chi connectivity index (χ1v) is 8.68. The molecule has 0 spiro atoms. The van der Waals surface area contributed by atoms with Gasteiger partial charge in [0.05, 0.1) is 29.5 Å². The standard InChI is InChI=1S/C17H24ClN5O/c1-4-23-9-10-24-14(16(23)13-6-8-21-22(13)3)11-20-17-15(18)12(2)5-7-19-17/h5-8,14,16H,4,9-11H2,1-3H3,(H,19,20)/t14-,16-/m0/s1. The molecule has 0 amide bonds. The fraction of sp³-hybridized carbons (Fsp3) is 0.529. The van der Waals surface area contributed by atoms with Crippen LogP contribution in [0, 0.1) is 6.92 Å². The fourth-order valence-electron chi connectivity index (χ4n) is 3.22. The third-order valence-corrected chi connectivity index (χ3v) is 5.05. The number of anilines is 1. The SMILES string of the molecule is CCN1CCO[C@@H](CNc2nccc(C)c2Cl)[C@@H]1c1ccnn1C. The number of nitrogens with one attached hydrogen (secondary N) is 1. The van der Waals surface area contributed by atoms with Crippen LogP contribution in [-0.4, -0.2) is 52.0 Å². The minimum absolute atomic E-state index is 0.00692. The molecule has 2 atom stereocenters. The largest absolute Gasteiger partial charge is 0.373 e. The average molecular weight is 350 g/mol. The van der Waals surface area contributed by atoms with Gasteiger partial charge >= 0.3 is 0 Å². The van der Waals surface area contributed by atoms with Gasteiger partial charge in [0.1, 0.15) is 5.82 Å². The van der Waals surface area contributed by atoms with Gasteiger partial charge in [0.25, 0.3) is 0 Å². The second-order valence-corrected chi connectivity index (χ2v) is 6.41. The van der Waals surface area contributed by atoms with E-state index in [1.165, 1.54) is 0 Å². The van der Waals surface area contributed by atoms with E-state index in [2.05, 4.69) is 33.3 Å². The summed E-state index contributed by atoms with van der Waals surface area (Å²) in [6.07, 6.45) is 3.61. The number of aromatic nitrogens is 3. The number of morpholine rings is 1. The van der Waals surface area contributed by atoms with Gasteiger partial charge in [-0.05, 0) is 31.2 Å². The Balaban J connectivity index is 1.79. The predicted octanol–water partition coefficient (Wildman–Crippen LogP) is 2.65. The second kappa shape index (κ2) is 7.51. The van der Waals surface area contributed by atoms with Crippen LogP contribution in [0.3, 0.4) is 0 Å².